The van der Waals surface area contributed by atoms with Gasteiger partial charge in [-0.1, -0.05) is 42.5 Å². The minimum atomic E-state index is -3.60. The lowest BCUT2D eigenvalue weighted by Gasteiger charge is -2.34. The first kappa shape index (κ1) is 24.9. The quantitative estimate of drug-likeness (QED) is 0.368. The molecule has 1 aliphatic heterocycles. The van der Waals surface area contributed by atoms with E-state index in [9.17, 15) is 13.2 Å². The number of carbonyl (C=O) groups is 1. The summed E-state index contributed by atoms with van der Waals surface area (Å²) in [6.07, 6.45) is 1.60. The molecule has 4 aromatic rings. The molecule has 0 bridgehead atoms. The molecule has 0 N–H and O–H groups in total. The number of amides is 1. The third-order valence-electron chi connectivity index (χ3n) is 6.71. The van der Waals surface area contributed by atoms with Crippen molar-refractivity contribution in [3.63, 3.8) is 0 Å². The van der Waals surface area contributed by atoms with Gasteiger partial charge in [0, 0.05) is 49.9 Å². The Hall–Kier alpha value is -3.75. The van der Waals surface area contributed by atoms with E-state index < -0.39 is 9.84 Å². The molecule has 1 aliphatic rings. The summed E-state index contributed by atoms with van der Waals surface area (Å²) < 4.78 is 31.5. The molecule has 1 amide bonds. The molecular weight excluding hydrogens is 486 g/mol. The van der Waals surface area contributed by atoms with Crippen molar-refractivity contribution in [3.8, 4) is 5.75 Å². The summed E-state index contributed by atoms with van der Waals surface area (Å²) in [7, 11) is -1.94. The van der Waals surface area contributed by atoms with Crippen molar-refractivity contribution in [1.82, 2.24) is 14.8 Å². The van der Waals surface area contributed by atoms with Crippen LogP contribution in [0.1, 0.15) is 21.5 Å². The highest BCUT2D eigenvalue weighted by Crippen LogP contribution is 2.24. The third kappa shape index (κ3) is 5.65. The van der Waals surface area contributed by atoms with Crippen molar-refractivity contribution in [2.75, 3.05) is 33.3 Å². The summed E-state index contributed by atoms with van der Waals surface area (Å²) in [6, 6.07) is 23.8. The summed E-state index contributed by atoms with van der Waals surface area (Å²) in [5.74, 6) is 0.659. The van der Waals surface area contributed by atoms with Gasteiger partial charge in [-0.05, 0) is 47.5 Å². The molecule has 7 nitrogen and oxygen atoms in total. The monoisotopic (exact) mass is 515 g/mol. The number of carbonyl (C=O) groups excluding carboxylic acids is 1. The van der Waals surface area contributed by atoms with Crippen LogP contribution in [0.3, 0.4) is 0 Å². The number of pyridine rings is 1. The maximum Gasteiger partial charge on any atom is 0.253 e. The molecule has 0 atom stereocenters. The van der Waals surface area contributed by atoms with Crippen molar-refractivity contribution in [2.24, 2.45) is 0 Å². The Kier molecular flexibility index (Phi) is 7.21. The number of hydrogen-bond acceptors (Lipinski definition) is 6. The van der Waals surface area contributed by atoms with Gasteiger partial charge in [0.25, 0.3) is 5.91 Å². The highest BCUT2D eigenvalue weighted by Gasteiger charge is 2.23. The number of hydrogen-bond donors (Lipinski definition) is 0. The fourth-order valence-corrected chi connectivity index (χ4v) is 6.19. The minimum absolute atomic E-state index is 0.0308. The number of para-hydroxylation sites is 1. The number of nitrogens with zero attached hydrogens (tertiary/aromatic N) is 3. The number of ether oxygens (including phenoxy) is 1. The second kappa shape index (κ2) is 10.7. The van der Waals surface area contributed by atoms with Crippen molar-refractivity contribution in [3.05, 3.63) is 102 Å². The molecule has 3 aromatic carbocycles. The molecule has 2 heterocycles. The second-order valence-corrected chi connectivity index (χ2v) is 11.2. The number of fused-ring (bicyclic) bond motifs is 1. The Morgan fingerprint density at radius 3 is 2.24 bits per heavy atom. The van der Waals surface area contributed by atoms with Gasteiger partial charge in [0.05, 0.1) is 23.3 Å². The van der Waals surface area contributed by atoms with Crippen molar-refractivity contribution >= 4 is 26.6 Å². The van der Waals surface area contributed by atoms with Crippen molar-refractivity contribution in [1.29, 1.82) is 0 Å². The Morgan fingerprint density at radius 2 is 1.54 bits per heavy atom. The zero-order valence-corrected chi connectivity index (χ0v) is 21.5. The number of benzene rings is 3. The lowest BCUT2D eigenvalue weighted by Crippen LogP contribution is -2.48. The maximum absolute atomic E-state index is 13.1. The van der Waals surface area contributed by atoms with E-state index in [0.717, 1.165) is 30.8 Å². The van der Waals surface area contributed by atoms with E-state index in [2.05, 4.69) is 22.0 Å². The number of piperazine rings is 1. The Morgan fingerprint density at radius 1 is 0.865 bits per heavy atom. The predicted octanol–water partition coefficient (Wildman–Crippen LogP) is 4.18. The SMILES string of the molecule is COc1ccc(CN2CCN(C(=O)c3ccc(CS(=O)(=O)c4cccc5cccnc45)cc3)CC2)cc1. The summed E-state index contributed by atoms with van der Waals surface area (Å²) >= 11 is 0. The van der Waals surface area contributed by atoms with Gasteiger partial charge >= 0.3 is 0 Å². The van der Waals surface area contributed by atoms with Crippen LogP contribution in [0.2, 0.25) is 0 Å². The molecule has 1 aromatic heterocycles. The highest BCUT2D eigenvalue weighted by atomic mass is 32.2. The van der Waals surface area contributed by atoms with Crippen molar-refractivity contribution < 1.29 is 17.9 Å². The Bertz CT molecular complexity index is 1490. The van der Waals surface area contributed by atoms with E-state index >= 15 is 0 Å². The average Bonchev–Trinajstić information content (AvgIpc) is 2.93. The van der Waals surface area contributed by atoms with Gasteiger partial charge < -0.3 is 9.64 Å². The summed E-state index contributed by atoms with van der Waals surface area (Å²) in [4.78, 5) is 21.8. The number of methoxy groups -OCH3 is 1. The van der Waals surface area contributed by atoms with E-state index in [4.69, 9.17) is 4.74 Å². The average molecular weight is 516 g/mol. The van der Waals surface area contributed by atoms with Gasteiger partial charge in [0.15, 0.2) is 9.84 Å². The fourth-order valence-electron chi connectivity index (χ4n) is 4.65. The summed E-state index contributed by atoms with van der Waals surface area (Å²) in [5.41, 5.74) is 2.89. The van der Waals surface area contributed by atoms with E-state index in [1.807, 2.05) is 29.2 Å². The number of sulfone groups is 1. The summed E-state index contributed by atoms with van der Waals surface area (Å²) in [5, 5.41) is 0.786. The van der Waals surface area contributed by atoms with Crippen LogP contribution in [0.25, 0.3) is 10.9 Å². The van der Waals surface area contributed by atoms with Crippen LogP contribution in [0.15, 0.2) is 90.0 Å². The molecule has 1 saturated heterocycles. The van der Waals surface area contributed by atoms with Gasteiger partial charge in [-0.25, -0.2) is 8.42 Å². The van der Waals surface area contributed by atoms with Gasteiger partial charge in [-0.3, -0.25) is 14.7 Å². The van der Waals surface area contributed by atoms with Gasteiger partial charge in [0.2, 0.25) is 0 Å². The van der Waals surface area contributed by atoms with E-state index in [-0.39, 0.29) is 16.6 Å². The molecule has 37 heavy (non-hydrogen) atoms. The van der Waals surface area contributed by atoms with Crippen LogP contribution in [0.5, 0.6) is 5.75 Å². The van der Waals surface area contributed by atoms with Crippen molar-refractivity contribution in [2.45, 2.75) is 17.2 Å². The highest BCUT2D eigenvalue weighted by molar-refractivity contribution is 7.90. The van der Waals surface area contributed by atoms with Gasteiger partial charge in [-0.2, -0.15) is 0 Å². The van der Waals surface area contributed by atoms with Crippen LogP contribution < -0.4 is 4.74 Å². The van der Waals surface area contributed by atoms with Gasteiger partial charge in [0.1, 0.15) is 5.75 Å². The molecule has 0 spiro atoms. The molecular formula is C29H29N3O4S. The smallest absolute Gasteiger partial charge is 0.253 e. The maximum atomic E-state index is 13.1. The Labute approximate surface area is 217 Å². The first-order valence-corrected chi connectivity index (χ1v) is 13.9. The molecule has 5 rings (SSSR count). The Balaban J connectivity index is 1.19. The number of rotatable bonds is 7. The molecule has 0 saturated carbocycles. The minimum Gasteiger partial charge on any atom is -0.497 e. The standard InChI is InChI=1S/C29H29N3O4S/c1-36-26-13-9-22(10-14-26)20-31-16-18-32(19-17-31)29(33)25-11-7-23(8-12-25)21-37(34,35)27-6-2-4-24-5-3-15-30-28(24)27/h2-15H,16-21H2,1H3. The number of aromatic nitrogens is 1. The van der Waals surface area contributed by atoms with Crippen LogP contribution in [-0.4, -0.2) is 62.4 Å². The molecule has 1 fully saturated rings. The van der Waals surface area contributed by atoms with E-state index in [1.54, 1.807) is 55.8 Å². The topological polar surface area (TPSA) is 79.8 Å². The van der Waals surface area contributed by atoms with E-state index in [1.165, 1.54) is 5.56 Å². The fraction of sp³-hybridized carbons (Fsp3) is 0.241. The normalized spacial score (nSPS) is 14.6. The molecule has 0 aliphatic carbocycles. The van der Waals surface area contributed by atoms with Crippen LogP contribution in [0, 0.1) is 0 Å². The molecule has 0 radical (unpaired) electrons. The second-order valence-electron chi connectivity index (χ2n) is 9.20. The zero-order chi connectivity index (χ0) is 25.8. The zero-order valence-electron chi connectivity index (χ0n) is 20.7. The molecule has 8 heteroatoms. The first-order chi connectivity index (χ1) is 17.9. The van der Waals surface area contributed by atoms with Crippen LogP contribution in [0.4, 0.5) is 0 Å². The third-order valence-corrected chi connectivity index (χ3v) is 8.43. The van der Waals surface area contributed by atoms with Crippen LogP contribution in [-0.2, 0) is 22.1 Å². The lowest BCUT2D eigenvalue weighted by atomic mass is 10.1. The largest absolute Gasteiger partial charge is 0.497 e. The van der Waals surface area contributed by atoms with Crippen LogP contribution >= 0.6 is 0 Å². The lowest BCUT2D eigenvalue weighted by molar-refractivity contribution is 0.0628. The summed E-state index contributed by atoms with van der Waals surface area (Å²) in [6.45, 7) is 3.74. The van der Waals surface area contributed by atoms with Gasteiger partial charge in [-0.15, -0.1) is 0 Å². The first-order valence-electron chi connectivity index (χ1n) is 12.2. The molecule has 0 unspecified atom stereocenters. The molecule has 190 valence electrons. The predicted molar refractivity (Wildman–Crippen MR) is 143 cm³/mol. The van der Waals surface area contributed by atoms with E-state index in [0.29, 0.717) is 29.7 Å².